The molecule has 2 amide bonds. The van der Waals surface area contributed by atoms with Crippen molar-refractivity contribution in [1.82, 2.24) is 20.5 Å². The fraction of sp³-hybridized carbons (Fsp3) is 0.357. The van der Waals surface area contributed by atoms with E-state index >= 15 is 0 Å². The number of benzene rings is 1. The van der Waals surface area contributed by atoms with Crippen LogP contribution in [-0.4, -0.2) is 43.1 Å². The maximum atomic E-state index is 11.3. The Bertz CT molecular complexity index is 547. The second kappa shape index (κ2) is 6.24. The summed E-state index contributed by atoms with van der Waals surface area (Å²) in [5.74, 6) is 0. The number of amides is 2. The van der Waals surface area contributed by atoms with Gasteiger partial charge in [0.05, 0.1) is 0 Å². The molecule has 0 radical (unpaired) electrons. The maximum absolute atomic E-state index is 11.3. The number of hydrogen-bond donors (Lipinski definition) is 3. The molecule has 0 atom stereocenters. The van der Waals surface area contributed by atoms with Crippen LogP contribution in [-0.2, 0) is 6.54 Å². The van der Waals surface area contributed by atoms with E-state index < -0.39 is 0 Å². The molecule has 1 aromatic heterocycles. The number of urea groups is 1. The van der Waals surface area contributed by atoms with Crippen LogP contribution in [0.15, 0.2) is 30.5 Å². The van der Waals surface area contributed by atoms with Gasteiger partial charge in [-0.3, -0.25) is 0 Å². The van der Waals surface area contributed by atoms with Crippen molar-refractivity contribution in [2.24, 2.45) is 0 Å². The van der Waals surface area contributed by atoms with Crippen LogP contribution in [0.5, 0.6) is 0 Å². The molecule has 0 saturated heterocycles. The number of nitrogens with zero attached hydrogens (tertiary/aromatic N) is 1. The van der Waals surface area contributed by atoms with Gasteiger partial charge < -0.3 is 20.5 Å². The second-order valence-electron chi connectivity index (χ2n) is 4.66. The average molecular weight is 260 g/mol. The van der Waals surface area contributed by atoms with Crippen molar-refractivity contribution in [3.05, 3.63) is 36.0 Å². The molecule has 5 heteroatoms. The van der Waals surface area contributed by atoms with Gasteiger partial charge in [0, 0.05) is 50.8 Å². The highest BCUT2D eigenvalue weighted by molar-refractivity contribution is 5.82. The molecule has 1 heterocycles. The lowest BCUT2D eigenvalue weighted by molar-refractivity contribution is 0.217. The van der Waals surface area contributed by atoms with Gasteiger partial charge >= 0.3 is 6.03 Å². The Morgan fingerprint density at radius 1 is 1.26 bits per heavy atom. The van der Waals surface area contributed by atoms with Crippen LogP contribution in [0, 0.1) is 0 Å². The molecule has 2 rings (SSSR count). The maximum Gasteiger partial charge on any atom is 0.316 e. The molecule has 5 nitrogen and oxygen atoms in total. The Hall–Kier alpha value is -2.01. The molecule has 1 aromatic carbocycles. The largest absolute Gasteiger partial charge is 0.361 e. The van der Waals surface area contributed by atoms with Crippen LogP contribution >= 0.6 is 0 Å². The van der Waals surface area contributed by atoms with E-state index in [9.17, 15) is 4.79 Å². The lowest BCUT2D eigenvalue weighted by atomic mass is 10.2. The average Bonchev–Trinajstić information content (AvgIpc) is 2.81. The molecule has 0 aliphatic heterocycles. The summed E-state index contributed by atoms with van der Waals surface area (Å²) in [5.41, 5.74) is 2.40. The van der Waals surface area contributed by atoms with Crippen molar-refractivity contribution in [3.63, 3.8) is 0 Å². The van der Waals surface area contributed by atoms with Crippen molar-refractivity contribution >= 4 is 16.9 Å². The monoisotopic (exact) mass is 260 g/mol. The fourth-order valence-electron chi connectivity index (χ4n) is 1.92. The summed E-state index contributed by atoms with van der Waals surface area (Å²) in [6.07, 6.45) is 2.02. The van der Waals surface area contributed by atoms with E-state index in [-0.39, 0.29) is 6.03 Å². The molecule has 0 fully saturated rings. The summed E-state index contributed by atoms with van der Waals surface area (Å²) in [6, 6.07) is 8.17. The van der Waals surface area contributed by atoms with Gasteiger partial charge in [-0.2, -0.15) is 0 Å². The highest BCUT2D eigenvalue weighted by Crippen LogP contribution is 2.16. The van der Waals surface area contributed by atoms with E-state index in [1.807, 2.05) is 18.3 Å². The summed E-state index contributed by atoms with van der Waals surface area (Å²) < 4.78 is 0. The zero-order chi connectivity index (χ0) is 13.7. The molecule has 0 bridgehead atoms. The summed E-state index contributed by atoms with van der Waals surface area (Å²) >= 11 is 0. The molecule has 2 aromatic rings. The SMILES string of the molecule is CN(C)C(=O)NCCNCc1c[nH]c2ccccc12. The number of hydrogen-bond acceptors (Lipinski definition) is 2. The van der Waals surface area contributed by atoms with E-state index in [1.54, 1.807) is 14.1 Å². The first-order valence-corrected chi connectivity index (χ1v) is 6.39. The minimum atomic E-state index is -0.0612. The molecule has 0 aliphatic rings. The summed E-state index contributed by atoms with van der Waals surface area (Å²) in [6.45, 7) is 2.17. The Kier molecular flexibility index (Phi) is 4.41. The highest BCUT2D eigenvalue weighted by Gasteiger charge is 2.03. The molecule has 0 saturated carbocycles. The number of fused-ring (bicyclic) bond motifs is 1. The van der Waals surface area contributed by atoms with Gasteiger partial charge in [0.1, 0.15) is 0 Å². The first-order chi connectivity index (χ1) is 9.18. The van der Waals surface area contributed by atoms with Crippen molar-refractivity contribution in [3.8, 4) is 0 Å². The summed E-state index contributed by atoms with van der Waals surface area (Å²) in [7, 11) is 3.46. The lowest BCUT2D eigenvalue weighted by Crippen LogP contribution is -2.38. The van der Waals surface area contributed by atoms with Crippen molar-refractivity contribution < 1.29 is 4.79 Å². The van der Waals surface area contributed by atoms with E-state index in [4.69, 9.17) is 0 Å². The summed E-state index contributed by atoms with van der Waals surface area (Å²) in [4.78, 5) is 16.1. The number of aromatic nitrogens is 1. The van der Waals surface area contributed by atoms with Crippen LogP contribution in [0.2, 0.25) is 0 Å². The number of para-hydroxylation sites is 1. The molecule has 0 aliphatic carbocycles. The number of carbonyl (C=O) groups is 1. The van der Waals surface area contributed by atoms with Gasteiger partial charge in [0.15, 0.2) is 0 Å². The molecule has 0 spiro atoms. The van der Waals surface area contributed by atoms with E-state index in [2.05, 4.69) is 27.8 Å². The molecule has 102 valence electrons. The summed E-state index contributed by atoms with van der Waals surface area (Å²) in [5, 5.41) is 7.38. The van der Waals surface area contributed by atoms with E-state index in [1.165, 1.54) is 15.8 Å². The predicted octanol–water partition coefficient (Wildman–Crippen LogP) is 1.53. The number of nitrogens with one attached hydrogen (secondary N) is 3. The molecule has 0 unspecified atom stereocenters. The lowest BCUT2D eigenvalue weighted by Gasteiger charge is -2.12. The molecular weight excluding hydrogens is 240 g/mol. The van der Waals surface area contributed by atoms with Crippen LogP contribution in [0.4, 0.5) is 4.79 Å². The quantitative estimate of drug-likeness (QED) is 0.714. The van der Waals surface area contributed by atoms with Gasteiger partial charge in [-0.1, -0.05) is 18.2 Å². The minimum Gasteiger partial charge on any atom is -0.361 e. The number of carbonyl (C=O) groups excluding carboxylic acids is 1. The second-order valence-corrected chi connectivity index (χ2v) is 4.66. The Morgan fingerprint density at radius 3 is 2.84 bits per heavy atom. The number of rotatable bonds is 5. The van der Waals surface area contributed by atoms with Gasteiger partial charge in [-0.25, -0.2) is 4.79 Å². The molecule has 3 N–H and O–H groups in total. The third-order valence-corrected chi connectivity index (χ3v) is 2.97. The number of H-pyrrole nitrogens is 1. The predicted molar refractivity (Wildman–Crippen MR) is 77.1 cm³/mol. The first kappa shape index (κ1) is 13.4. The van der Waals surface area contributed by atoms with Gasteiger partial charge in [-0.05, 0) is 11.6 Å². The standard InChI is InChI=1S/C14H20N4O/c1-18(2)14(19)16-8-7-15-9-11-10-17-13-6-4-3-5-12(11)13/h3-6,10,15,17H,7-9H2,1-2H3,(H,16,19). The van der Waals surface area contributed by atoms with E-state index in [0.717, 1.165) is 18.6 Å². The zero-order valence-corrected chi connectivity index (χ0v) is 11.4. The topological polar surface area (TPSA) is 60.2 Å². The van der Waals surface area contributed by atoms with Crippen molar-refractivity contribution in [1.29, 1.82) is 0 Å². The molecule has 19 heavy (non-hydrogen) atoms. The Morgan fingerprint density at radius 2 is 2.05 bits per heavy atom. The van der Waals surface area contributed by atoms with Crippen LogP contribution < -0.4 is 10.6 Å². The van der Waals surface area contributed by atoms with Gasteiger partial charge in [0.25, 0.3) is 0 Å². The fourth-order valence-corrected chi connectivity index (χ4v) is 1.92. The minimum absolute atomic E-state index is 0.0612. The van der Waals surface area contributed by atoms with Crippen LogP contribution in [0.25, 0.3) is 10.9 Å². The smallest absolute Gasteiger partial charge is 0.316 e. The Balaban J connectivity index is 1.76. The van der Waals surface area contributed by atoms with Gasteiger partial charge in [0.2, 0.25) is 0 Å². The first-order valence-electron chi connectivity index (χ1n) is 6.39. The number of aromatic amines is 1. The van der Waals surface area contributed by atoms with Crippen molar-refractivity contribution in [2.45, 2.75) is 6.54 Å². The van der Waals surface area contributed by atoms with Gasteiger partial charge in [-0.15, -0.1) is 0 Å². The highest BCUT2D eigenvalue weighted by atomic mass is 16.2. The van der Waals surface area contributed by atoms with Crippen molar-refractivity contribution in [2.75, 3.05) is 27.2 Å². The van der Waals surface area contributed by atoms with Crippen LogP contribution in [0.3, 0.4) is 0 Å². The Labute approximate surface area is 113 Å². The third kappa shape index (κ3) is 3.48. The normalized spacial score (nSPS) is 10.6. The van der Waals surface area contributed by atoms with Crippen LogP contribution in [0.1, 0.15) is 5.56 Å². The molecular formula is C14H20N4O. The zero-order valence-electron chi connectivity index (χ0n) is 11.4. The third-order valence-electron chi connectivity index (χ3n) is 2.97. The van der Waals surface area contributed by atoms with E-state index in [0.29, 0.717) is 6.54 Å².